The molecule has 0 bridgehead atoms. The summed E-state index contributed by atoms with van der Waals surface area (Å²) in [4.78, 5) is 22.3. The van der Waals surface area contributed by atoms with Gasteiger partial charge in [0.1, 0.15) is 0 Å². The molecule has 0 aliphatic heterocycles. The highest BCUT2D eigenvalue weighted by molar-refractivity contribution is 6.21. The molecule has 0 saturated heterocycles. The molecule has 0 aliphatic carbocycles. The fourth-order valence-electron chi connectivity index (χ4n) is 3.42. The van der Waals surface area contributed by atoms with E-state index in [-0.39, 0.29) is 12.0 Å². The first kappa shape index (κ1) is 20.4. The standard InChI is InChI=1S/C24H16F3NO3/c25-24(26,27)19-9-6-17(7-10-19)18-8-11-21-20(12-18)22(31-23(30)15-29)14-28(21)13-16-4-2-1-3-5-16/h1-12,14-15H,13H2. The summed E-state index contributed by atoms with van der Waals surface area (Å²) in [6, 6.07) is 19.8. The fourth-order valence-corrected chi connectivity index (χ4v) is 3.42. The van der Waals surface area contributed by atoms with Crippen LogP contribution in [0.3, 0.4) is 0 Å². The first-order valence-corrected chi connectivity index (χ1v) is 9.36. The van der Waals surface area contributed by atoms with Crippen molar-refractivity contribution < 1.29 is 27.5 Å². The zero-order valence-electron chi connectivity index (χ0n) is 16.1. The van der Waals surface area contributed by atoms with Gasteiger partial charge in [0, 0.05) is 18.1 Å². The second-order valence-corrected chi connectivity index (χ2v) is 6.95. The Balaban J connectivity index is 1.77. The van der Waals surface area contributed by atoms with Gasteiger partial charge < -0.3 is 9.30 Å². The molecule has 1 aromatic heterocycles. The Kier molecular flexibility index (Phi) is 5.33. The summed E-state index contributed by atoms with van der Waals surface area (Å²) in [6.07, 6.45) is -2.69. The van der Waals surface area contributed by atoms with Crippen LogP contribution >= 0.6 is 0 Å². The Hall–Kier alpha value is -3.87. The van der Waals surface area contributed by atoms with Crippen LogP contribution in [-0.4, -0.2) is 16.8 Å². The number of hydrogen-bond donors (Lipinski definition) is 0. The Morgan fingerprint density at radius 1 is 0.935 bits per heavy atom. The monoisotopic (exact) mass is 423 g/mol. The molecule has 0 radical (unpaired) electrons. The Bertz CT molecular complexity index is 1240. The summed E-state index contributed by atoms with van der Waals surface area (Å²) in [7, 11) is 0. The van der Waals surface area contributed by atoms with E-state index in [0.29, 0.717) is 23.1 Å². The van der Waals surface area contributed by atoms with Gasteiger partial charge in [-0.05, 0) is 41.0 Å². The van der Waals surface area contributed by atoms with Gasteiger partial charge in [0.25, 0.3) is 0 Å². The zero-order chi connectivity index (χ0) is 22.0. The van der Waals surface area contributed by atoms with Crippen LogP contribution in [0.2, 0.25) is 0 Å². The van der Waals surface area contributed by atoms with E-state index in [1.165, 1.54) is 12.1 Å². The molecular formula is C24H16F3NO3. The van der Waals surface area contributed by atoms with E-state index in [2.05, 4.69) is 0 Å². The van der Waals surface area contributed by atoms with Gasteiger partial charge in [-0.2, -0.15) is 13.2 Å². The van der Waals surface area contributed by atoms with Crippen molar-refractivity contribution in [2.24, 2.45) is 0 Å². The topological polar surface area (TPSA) is 48.3 Å². The van der Waals surface area contributed by atoms with Crippen LogP contribution in [0.25, 0.3) is 22.0 Å². The number of halogens is 3. The molecule has 1 heterocycles. The molecule has 31 heavy (non-hydrogen) atoms. The van der Waals surface area contributed by atoms with E-state index in [1.54, 1.807) is 18.3 Å². The van der Waals surface area contributed by atoms with Gasteiger partial charge in [0.05, 0.1) is 11.1 Å². The average Bonchev–Trinajstić information content (AvgIpc) is 3.10. The van der Waals surface area contributed by atoms with Crippen molar-refractivity contribution in [2.45, 2.75) is 12.7 Å². The molecule has 4 aromatic rings. The number of carbonyl (C=O) groups is 2. The summed E-state index contributed by atoms with van der Waals surface area (Å²) < 4.78 is 45.6. The van der Waals surface area contributed by atoms with Gasteiger partial charge in [-0.25, -0.2) is 4.79 Å². The van der Waals surface area contributed by atoms with Crippen molar-refractivity contribution >= 4 is 23.2 Å². The SMILES string of the molecule is O=CC(=O)Oc1cn(Cc2ccccc2)c2ccc(-c3ccc(C(F)(F)F)cc3)cc12. The second-order valence-electron chi connectivity index (χ2n) is 6.95. The highest BCUT2D eigenvalue weighted by atomic mass is 19.4. The predicted octanol–water partition coefficient (Wildman–Crippen LogP) is 5.48. The summed E-state index contributed by atoms with van der Waals surface area (Å²) in [5, 5.41) is 0.573. The number of hydrogen-bond acceptors (Lipinski definition) is 3. The molecule has 0 atom stereocenters. The van der Waals surface area contributed by atoms with Crippen LogP contribution in [-0.2, 0) is 22.3 Å². The van der Waals surface area contributed by atoms with E-state index in [1.807, 2.05) is 41.0 Å². The minimum atomic E-state index is -4.41. The van der Waals surface area contributed by atoms with Crippen LogP contribution in [0, 0.1) is 0 Å². The Morgan fingerprint density at radius 3 is 2.26 bits per heavy atom. The quantitative estimate of drug-likeness (QED) is 0.243. The van der Waals surface area contributed by atoms with Crippen molar-refractivity contribution in [3.8, 4) is 16.9 Å². The molecule has 0 aliphatic rings. The van der Waals surface area contributed by atoms with Gasteiger partial charge in [-0.3, -0.25) is 4.79 Å². The number of alkyl halides is 3. The van der Waals surface area contributed by atoms with Crippen molar-refractivity contribution in [1.29, 1.82) is 0 Å². The molecule has 3 aromatic carbocycles. The van der Waals surface area contributed by atoms with Gasteiger partial charge in [0.2, 0.25) is 6.29 Å². The van der Waals surface area contributed by atoms with Gasteiger partial charge in [-0.1, -0.05) is 48.5 Å². The van der Waals surface area contributed by atoms with E-state index in [4.69, 9.17) is 4.74 Å². The molecule has 0 unspecified atom stereocenters. The molecular weight excluding hydrogens is 407 g/mol. The maximum absolute atomic E-state index is 12.8. The molecule has 156 valence electrons. The number of ether oxygens (including phenoxy) is 1. The summed E-state index contributed by atoms with van der Waals surface area (Å²) in [5.74, 6) is -0.824. The number of carbonyl (C=O) groups excluding carboxylic acids is 2. The van der Waals surface area contributed by atoms with Crippen LogP contribution in [0.1, 0.15) is 11.1 Å². The molecule has 7 heteroatoms. The summed E-state index contributed by atoms with van der Waals surface area (Å²) in [6.45, 7) is 0.510. The Labute approximate surface area is 175 Å². The lowest BCUT2D eigenvalue weighted by Crippen LogP contribution is -2.08. The van der Waals surface area contributed by atoms with Crippen molar-refractivity contribution in [2.75, 3.05) is 0 Å². The number of aldehydes is 1. The number of aromatic nitrogens is 1. The molecule has 0 saturated carbocycles. The lowest BCUT2D eigenvalue weighted by atomic mass is 10.0. The second kappa shape index (κ2) is 8.10. The molecule has 0 spiro atoms. The minimum Gasteiger partial charge on any atom is -0.419 e. The first-order valence-electron chi connectivity index (χ1n) is 9.36. The third kappa shape index (κ3) is 4.35. The molecule has 0 N–H and O–H groups in total. The third-order valence-corrected chi connectivity index (χ3v) is 4.89. The minimum absolute atomic E-state index is 0.0834. The largest absolute Gasteiger partial charge is 0.419 e. The number of benzene rings is 3. The van der Waals surface area contributed by atoms with Crippen LogP contribution in [0.15, 0.2) is 79.0 Å². The lowest BCUT2D eigenvalue weighted by molar-refractivity contribution is -0.141. The molecule has 0 fully saturated rings. The third-order valence-electron chi connectivity index (χ3n) is 4.89. The van der Waals surface area contributed by atoms with E-state index in [0.717, 1.165) is 23.2 Å². The maximum Gasteiger partial charge on any atom is 0.416 e. The first-order chi connectivity index (χ1) is 14.8. The van der Waals surface area contributed by atoms with Crippen molar-refractivity contribution in [3.63, 3.8) is 0 Å². The van der Waals surface area contributed by atoms with Crippen molar-refractivity contribution in [3.05, 3.63) is 90.1 Å². The Morgan fingerprint density at radius 2 is 1.61 bits per heavy atom. The average molecular weight is 423 g/mol. The molecule has 4 nitrogen and oxygen atoms in total. The van der Waals surface area contributed by atoms with E-state index >= 15 is 0 Å². The normalized spacial score (nSPS) is 11.5. The van der Waals surface area contributed by atoms with Gasteiger partial charge in [-0.15, -0.1) is 0 Å². The number of esters is 1. The highest BCUT2D eigenvalue weighted by Gasteiger charge is 2.30. The highest BCUT2D eigenvalue weighted by Crippen LogP contribution is 2.35. The van der Waals surface area contributed by atoms with Gasteiger partial charge in [0.15, 0.2) is 5.75 Å². The fraction of sp³-hybridized carbons (Fsp3) is 0.0833. The summed E-state index contributed by atoms with van der Waals surface area (Å²) in [5.41, 5.74) is 2.29. The zero-order valence-corrected chi connectivity index (χ0v) is 16.1. The molecule has 0 amide bonds. The predicted molar refractivity (Wildman–Crippen MR) is 110 cm³/mol. The van der Waals surface area contributed by atoms with E-state index in [9.17, 15) is 22.8 Å². The van der Waals surface area contributed by atoms with Crippen LogP contribution < -0.4 is 4.74 Å². The lowest BCUT2D eigenvalue weighted by Gasteiger charge is -2.09. The van der Waals surface area contributed by atoms with Gasteiger partial charge >= 0.3 is 12.1 Å². The summed E-state index contributed by atoms with van der Waals surface area (Å²) >= 11 is 0. The number of nitrogens with zero attached hydrogens (tertiary/aromatic N) is 1. The van der Waals surface area contributed by atoms with Crippen LogP contribution in [0.4, 0.5) is 13.2 Å². The number of fused-ring (bicyclic) bond motifs is 1. The van der Waals surface area contributed by atoms with Crippen LogP contribution in [0.5, 0.6) is 5.75 Å². The molecule has 4 rings (SSSR count). The van der Waals surface area contributed by atoms with E-state index < -0.39 is 17.7 Å². The number of rotatable bonds is 5. The maximum atomic E-state index is 12.8. The smallest absolute Gasteiger partial charge is 0.416 e. The van der Waals surface area contributed by atoms with Crippen molar-refractivity contribution in [1.82, 2.24) is 4.57 Å².